The van der Waals surface area contributed by atoms with Crippen molar-refractivity contribution in [3.05, 3.63) is 36.2 Å². The SMILES string of the molecule is COCc1nc(CCN(C(C)=O)C2CCCN(S(=O)(=O)c3cccnc3)C2)no1. The van der Waals surface area contributed by atoms with Crippen molar-refractivity contribution in [3.63, 3.8) is 0 Å². The molecule has 0 aliphatic carbocycles. The van der Waals surface area contributed by atoms with E-state index >= 15 is 0 Å². The number of carbonyl (C=O) groups is 1. The molecule has 1 saturated heterocycles. The van der Waals surface area contributed by atoms with Gasteiger partial charge in [0.15, 0.2) is 5.82 Å². The number of hydrogen-bond donors (Lipinski definition) is 0. The highest BCUT2D eigenvalue weighted by Crippen LogP contribution is 2.23. The van der Waals surface area contributed by atoms with Crippen molar-refractivity contribution in [3.8, 4) is 0 Å². The lowest BCUT2D eigenvalue weighted by molar-refractivity contribution is -0.131. The summed E-state index contributed by atoms with van der Waals surface area (Å²) in [4.78, 5) is 22.2. The minimum Gasteiger partial charge on any atom is -0.375 e. The maximum Gasteiger partial charge on any atom is 0.252 e. The number of amides is 1. The number of piperidine rings is 1. The molecule has 1 aliphatic heterocycles. The fraction of sp³-hybridized carbons (Fsp3) is 0.556. The fourth-order valence-corrected chi connectivity index (χ4v) is 4.91. The van der Waals surface area contributed by atoms with Crippen LogP contribution in [0.25, 0.3) is 0 Å². The van der Waals surface area contributed by atoms with Crippen LogP contribution < -0.4 is 0 Å². The highest BCUT2D eigenvalue weighted by atomic mass is 32.2. The van der Waals surface area contributed by atoms with Gasteiger partial charge in [-0.25, -0.2) is 8.42 Å². The van der Waals surface area contributed by atoms with E-state index < -0.39 is 10.0 Å². The van der Waals surface area contributed by atoms with Crippen LogP contribution in [-0.4, -0.2) is 71.4 Å². The molecular weight excluding hydrogens is 398 g/mol. The van der Waals surface area contributed by atoms with Crippen LogP contribution in [0.3, 0.4) is 0 Å². The van der Waals surface area contributed by atoms with Crippen molar-refractivity contribution in [1.29, 1.82) is 0 Å². The minimum atomic E-state index is -3.64. The number of pyridine rings is 1. The summed E-state index contributed by atoms with van der Waals surface area (Å²) in [5.74, 6) is 0.749. The Morgan fingerprint density at radius 2 is 2.28 bits per heavy atom. The highest BCUT2D eigenvalue weighted by Gasteiger charge is 2.33. The van der Waals surface area contributed by atoms with Crippen LogP contribution >= 0.6 is 0 Å². The Bertz CT molecular complexity index is 918. The van der Waals surface area contributed by atoms with Gasteiger partial charge < -0.3 is 14.2 Å². The van der Waals surface area contributed by atoms with Gasteiger partial charge in [-0.05, 0) is 25.0 Å². The number of aromatic nitrogens is 3. The molecule has 2 aromatic rings. The standard InChI is InChI=1S/C18H25N5O5S/c1-14(24)23(10-7-17-20-18(13-27-2)28-21-17)15-5-4-9-22(12-15)29(25,26)16-6-3-8-19-11-16/h3,6,8,11,15H,4-5,7,9-10,12-13H2,1-2H3. The second-order valence-corrected chi connectivity index (χ2v) is 8.79. The first-order valence-corrected chi connectivity index (χ1v) is 10.8. The number of nitrogens with zero attached hydrogens (tertiary/aromatic N) is 5. The number of methoxy groups -OCH3 is 1. The number of hydrogen-bond acceptors (Lipinski definition) is 8. The Morgan fingerprint density at radius 1 is 1.45 bits per heavy atom. The van der Waals surface area contributed by atoms with E-state index in [0.29, 0.717) is 37.6 Å². The summed E-state index contributed by atoms with van der Waals surface area (Å²) in [5, 5.41) is 3.89. The molecule has 11 heteroatoms. The molecule has 29 heavy (non-hydrogen) atoms. The summed E-state index contributed by atoms with van der Waals surface area (Å²) >= 11 is 0. The van der Waals surface area contributed by atoms with Gasteiger partial charge in [0.25, 0.3) is 5.89 Å². The molecule has 1 atom stereocenters. The molecule has 0 N–H and O–H groups in total. The highest BCUT2D eigenvalue weighted by molar-refractivity contribution is 7.89. The average Bonchev–Trinajstić information content (AvgIpc) is 3.16. The number of rotatable bonds is 8. The quantitative estimate of drug-likeness (QED) is 0.613. The lowest BCUT2D eigenvalue weighted by Crippen LogP contribution is -2.51. The third-order valence-electron chi connectivity index (χ3n) is 4.83. The lowest BCUT2D eigenvalue weighted by atomic mass is 10.1. The van der Waals surface area contributed by atoms with Crippen LogP contribution in [0.2, 0.25) is 0 Å². The molecule has 1 unspecified atom stereocenters. The molecule has 0 radical (unpaired) electrons. The van der Waals surface area contributed by atoms with E-state index in [1.807, 2.05) is 0 Å². The zero-order valence-electron chi connectivity index (χ0n) is 16.5. The van der Waals surface area contributed by atoms with Crippen molar-refractivity contribution in [2.24, 2.45) is 0 Å². The summed E-state index contributed by atoms with van der Waals surface area (Å²) in [7, 11) is -2.11. The van der Waals surface area contributed by atoms with Gasteiger partial charge in [0.1, 0.15) is 11.5 Å². The first-order valence-electron chi connectivity index (χ1n) is 9.39. The van der Waals surface area contributed by atoms with Crippen molar-refractivity contribution in [2.75, 3.05) is 26.7 Å². The monoisotopic (exact) mass is 423 g/mol. The second kappa shape index (κ2) is 9.42. The van der Waals surface area contributed by atoms with Crippen LogP contribution in [0, 0.1) is 0 Å². The van der Waals surface area contributed by atoms with Crippen LogP contribution in [-0.2, 0) is 32.6 Å². The van der Waals surface area contributed by atoms with Gasteiger partial charge in [-0.1, -0.05) is 5.16 Å². The molecule has 158 valence electrons. The van der Waals surface area contributed by atoms with Crippen LogP contribution in [0.15, 0.2) is 33.9 Å². The summed E-state index contributed by atoms with van der Waals surface area (Å²) in [6.07, 6.45) is 4.70. The van der Waals surface area contributed by atoms with Crippen LogP contribution in [0.4, 0.5) is 0 Å². The van der Waals surface area contributed by atoms with Crippen molar-refractivity contribution in [2.45, 2.75) is 43.7 Å². The molecule has 1 amide bonds. The second-order valence-electron chi connectivity index (χ2n) is 6.85. The van der Waals surface area contributed by atoms with Gasteiger partial charge in [0.2, 0.25) is 15.9 Å². The summed E-state index contributed by atoms with van der Waals surface area (Å²) < 4.78 is 37.3. The first kappa shape index (κ1) is 21.3. The fourth-order valence-electron chi connectivity index (χ4n) is 3.43. The predicted molar refractivity (Wildman–Crippen MR) is 102 cm³/mol. The maximum atomic E-state index is 12.9. The largest absolute Gasteiger partial charge is 0.375 e. The third-order valence-corrected chi connectivity index (χ3v) is 6.68. The Balaban J connectivity index is 1.68. The molecule has 0 bridgehead atoms. The van der Waals surface area contributed by atoms with E-state index in [9.17, 15) is 13.2 Å². The number of ether oxygens (including phenoxy) is 1. The molecule has 1 aliphatic rings. The molecule has 0 aromatic carbocycles. The Hall–Kier alpha value is -2.37. The first-order chi connectivity index (χ1) is 13.9. The van der Waals surface area contributed by atoms with E-state index in [2.05, 4.69) is 15.1 Å². The van der Waals surface area contributed by atoms with Crippen LogP contribution in [0.5, 0.6) is 0 Å². The van der Waals surface area contributed by atoms with Gasteiger partial charge in [-0.2, -0.15) is 9.29 Å². The molecule has 3 rings (SSSR count). The zero-order valence-corrected chi connectivity index (χ0v) is 17.3. The van der Waals surface area contributed by atoms with Gasteiger partial charge in [0.05, 0.1) is 0 Å². The predicted octanol–water partition coefficient (Wildman–Crippen LogP) is 0.855. The van der Waals surface area contributed by atoms with Crippen molar-refractivity contribution >= 4 is 15.9 Å². The van der Waals surface area contributed by atoms with E-state index in [1.54, 1.807) is 11.0 Å². The average molecular weight is 423 g/mol. The van der Waals surface area contributed by atoms with Crippen LogP contribution in [0.1, 0.15) is 31.5 Å². The Labute approximate surface area is 169 Å². The summed E-state index contributed by atoms with van der Waals surface area (Å²) in [5.41, 5.74) is 0. The minimum absolute atomic E-state index is 0.115. The molecule has 3 heterocycles. The molecule has 0 saturated carbocycles. The smallest absolute Gasteiger partial charge is 0.252 e. The third kappa shape index (κ3) is 5.17. The van der Waals surface area contributed by atoms with E-state index in [0.717, 1.165) is 6.42 Å². The molecule has 2 aromatic heterocycles. The molecule has 10 nitrogen and oxygen atoms in total. The van der Waals surface area contributed by atoms with Crippen molar-refractivity contribution in [1.82, 2.24) is 24.3 Å². The van der Waals surface area contributed by atoms with Crippen molar-refractivity contribution < 1.29 is 22.5 Å². The Kier molecular flexibility index (Phi) is 6.93. The topological polar surface area (TPSA) is 119 Å². The molecule has 1 fully saturated rings. The zero-order chi connectivity index (χ0) is 20.9. The normalized spacial score (nSPS) is 17.9. The molecule has 0 spiro atoms. The van der Waals surface area contributed by atoms with Gasteiger partial charge in [-0.3, -0.25) is 9.78 Å². The van der Waals surface area contributed by atoms with E-state index in [4.69, 9.17) is 9.26 Å². The number of sulfonamides is 1. The lowest BCUT2D eigenvalue weighted by Gasteiger charge is -2.38. The Morgan fingerprint density at radius 3 is 2.97 bits per heavy atom. The van der Waals surface area contributed by atoms with Gasteiger partial charge in [-0.15, -0.1) is 0 Å². The van der Waals surface area contributed by atoms with E-state index in [-0.39, 0.29) is 30.0 Å². The van der Waals surface area contributed by atoms with E-state index in [1.165, 1.54) is 36.8 Å². The van der Waals surface area contributed by atoms with Gasteiger partial charge >= 0.3 is 0 Å². The molecular formula is C18H25N5O5S. The summed E-state index contributed by atoms with van der Waals surface area (Å²) in [6.45, 7) is 2.77. The number of carbonyl (C=O) groups excluding carboxylic acids is 1. The van der Waals surface area contributed by atoms with Gasteiger partial charge in [0, 0.05) is 58.5 Å². The maximum absolute atomic E-state index is 12.9. The summed E-state index contributed by atoms with van der Waals surface area (Å²) in [6, 6.07) is 2.92.